The van der Waals surface area contributed by atoms with E-state index in [-0.39, 0.29) is 5.41 Å². The lowest BCUT2D eigenvalue weighted by atomic mass is 9.97. The van der Waals surface area contributed by atoms with E-state index in [1.807, 2.05) is 26.8 Å². The van der Waals surface area contributed by atoms with Crippen molar-refractivity contribution in [2.24, 2.45) is 4.99 Å². The summed E-state index contributed by atoms with van der Waals surface area (Å²) in [4.78, 5) is 11.0. The van der Waals surface area contributed by atoms with E-state index in [2.05, 4.69) is 61.9 Å². The SMILES string of the molecule is CCN(CCCNC(=NC)NCc1noc(C(C)(C)C)n1)c1ccccc1. The first-order valence-corrected chi connectivity index (χ1v) is 9.51. The summed E-state index contributed by atoms with van der Waals surface area (Å²) in [5.74, 6) is 2.01. The molecule has 0 radical (unpaired) electrons. The van der Waals surface area contributed by atoms with Crippen LogP contribution >= 0.6 is 0 Å². The topological polar surface area (TPSA) is 78.6 Å². The molecule has 2 rings (SSSR count). The predicted molar refractivity (Wildman–Crippen MR) is 110 cm³/mol. The fourth-order valence-electron chi connectivity index (χ4n) is 2.60. The van der Waals surface area contributed by atoms with Crippen molar-refractivity contribution >= 4 is 11.6 Å². The highest BCUT2D eigenvalue weighted by Crippen LogP contribution is 2.19. The van der Waals surface area contributed by atoms with Gasteiger partial charge in [0.25, 0.3) is 0 Å². The smallest absolute Gasteiger partial charge is 0.232 e. The molecule has 0 amide bonds. The Bertz CT molecular complexity index is 705. The Morgan fingerprint density at radius 2 is 1.93 bits per heavy atom. The quantitative estimate of drug-likeness (QED) is 0.421. The number of hydrogen-bond acceptors (Lipinski definition) is 5. The lowest BCUT2D eigenvalue weighted by Gasteiger charge is -2.23. The van der Waals surface area contributed by atoms with Crippen molar-refractivity contribution in [2.45, 2.75) is 46.1 Å². The summed E-state index contributed by atoms with van der Waals surface area (Å²) in [6.07, 6.45) is 1.01. The molecule has 1 aromatic heterocycles. The molecule has 0 saturated carbocycles. The highest BCUT2D eigenvalue weighted by molar-refractivity contribution is 5.79. The molecule has 0 aliphatic rings. The Morgan fingerprint density at radius 3 is 2.52 bits per heavy atom. The summed E-state index contributed by atoms with van der Waals surface area (Å²) in [6.45, 7) is 11.6. The first-order chi connectivity index (χ1) is 12.9. The number of aromatic nitrogens is 2. The molecule has 1 aromatic carbocycles. The maximum atomic E-state index is 5.31. The fraction of sp³-hybridized carbons (Fsp3) is 0.550. The van der Waals surface area contributed by atoms with Crippen molar-refractivity contribution in [3.63, 3.8) is 0 Å². The number of nitrogens with one attached hydrogen (secondary N) is 2. The lowest BCUT2D eigenvalue weighted by Crippen LogP contribution is -2.38. The van der Waals surface area contributed by atoms with Gasteiger partial charge in [0.15, 0.2) is 11.8 Å². The third-order valence-electron chi connectivity index (χ3n) is 4.15. The van der Waals surface area contributed by atoms with Crippen molar-refractivity contribution < 1.29 is 4.52 Å². The number of aliphatic imine (C=N–C) groups is 1. The summed E-state index contributed by atoms with van der Waals surface area (Å²) in [7, 11) is 1.76. The molecule has 0 bridgehead atoms. The van der Waals surface area contributed by atoms with Crippen LogP contribution in [0.3, 0.4) is 0 Å². The Hall–Kier alpha value is -2.57. The Morgan fingerprint density at radius 1 is 1.19 bits per heavy atom. The third-order valence-corrected chi connectivity index (χ3v) is 4.15. The summed E-state index contributed by atoms with van der Waals surface area (Å²) in [5.41, 5.74) is 1.11. The van der Waals surface area contributed by atoms with Gasteiger partial charge in [0, 0.05) is 37.8 Å². The molecule has 0 spiro atoms. The summed E-state index contributed by atoms with van der Waals surface area (Å²) >= 11 is 0. The van der Waals surface area contributed by atoms with Gasteiger partial charge in [0.1, 0.15) is 0 Å². The molecule has 148 valence electrons. The average molecular weight is 373 g/mol. The van der Waals surface area contributed by atoms with E-state index >= 15 is 0 Å². The number of hydrogen-bond donors (Lipinski definition) is 2. The van der Waals surface area contributed by atoms with Crippen LogP contribution in [0, 0.1) is 0 Å². The summed E-state index contributed by atoms with van der Waals surface area (Å²) in [6, 6.07) is 10.5. The fourth-order valence-corrected chi connectivity index (χ4v) is 2.60. The molecule has 0 aliphatic carbocycles. The Labute approximate surface area is 162 Å². The molecule has 0 aliphatic heterocycles. The van der Waals surface area contributed by atoms with Crippen LogP contribution in [-0.2, 0) is 12.0 Å². The molecule has 7 heteroatoms. The van der Waals surface area contributed by atoms with Gasteiger partial charge < -0.3 is 20.1 Å². The van der Waals surface area contributed by atoms with Crippen LogP contribution in [0.4, 0.5) is 5.69 Å². The molecular formula is C20H32N6O. The maximum Gasteiger partial charge on any atom is 0.232 e. The molecule has 27 heavy (non-hydrogen) atoms. The second-order valence-electron chi connectivity index (χ2n) is 7.39. The van der Waals surface area contributed by atoms with Crippen molar-refractivity contribution in [2.75, 3.05) is 31.6 Å². The zero-order chi connectivity index (χ0) is 19.7. The van der Waals surface area contributed by atoms with Gasteiger partial charge in [-0.25, -0.2) is 0 Å². The molecule has 0 atom stereocenters. The van der Waals surface area contributed by atoms with Crippen LogP contribution in [0.25, 0.3) is 0 Å². The minimum Gasteiger partial charge on any atom is -0.372 e. The number of anilines is 1. The normalized spacial score (nSPS) is 12.1. The van der Waals surface area contributed by atoms with Crippen LogP contribution in [0.2, 0.25) is 0 Å². The van der Waals surface area contributed by atoms with Crippen molar-refractivity contribution in [1.29, 1.82) is 0 Å². The third kappa shape index (κ3) is 6.58. The van der Waals surface area contributed by atoms with E-state index in [4.69, 9.17) is 4.52 Å². The zero-order valence-electron chi connectivity index (χ0n) is 17.1. The number of rotatable bonds is 8. The number of para-hydroxylation sites is 1. The van der Waals surface area contributed by atoms with E-state index in [9.17, 15) is 0 Å². The first kappa shape index (κ1) is 20.7. The zero-order valence-corrected chi connectivity index (χ0v) is 17.1. The largest absolute Gasteiger partial charge is 0.372 e. The highest BCUT2D eigenvalue weighted by atomic mass is 16.5. The number of nitrogens with zero attached hydrogens (tertiary/aromatic N) is 4. The minimum absolute atomic E-state index is 0.144. The van der Waals surface area contributed by atoms with Crippen LogP contribution < -0.4 is 15.5 Å². The Balaban J connectivity index is 1.73. The molecule has 7 nitrogen and oxygen atoms in total. The van der Waals surface area contributed by atoms with Crippen LogP contribution in [0.5, 0.6) is 0 Å². The van der Waals surface area contributed by atoms with E-state index < -0.39 is 0 Å². The molecular weight excluding hydrogens is 340 g/mol. The predicted octanol–water partition coefficient (Wildman–Crippen LogP) is 2.95. The standard InChI is InChI=1S/C20H32N6O/c1-6-26(16-11-8-7-9-12-16)14-10-13-22-19(21-5)23-15-17-24-18(27-25-17)20(2,3)4/h7-9,11-12H,6,10,13-15H2,1-5H3,(H2,21,22,23). The second-order valence-corrected chi connectivity index (χ2v) is 7.39. The van der Waals surface area contributed by atoms with Gasteiger partial charge in [-0.1, -0.05) is 44.1 Å². The van der Waals surface area contributed by atoms with E-state index in [0.29, 0.717) is 18.3 Å². The van der Waals surface area contributed by atoms with Crippen LogP contribution in [0.1, 0.15) is 45.8 Å². The molecule has 2 N–H and O–H groups in total. The maximum absolute atomic E-state index is 5.31. The van der Waals surface area contributed by atoms with Gasteiger partial charge in [0.05, 0.1) is 6.54 Å². The number of guanidine groups is 1. The van der Waals surface area contributed by atoms with Crippen molar-refractivity contribution in [1.82, 2.24) is 20.8 Å². The first-order valence-electron chi connectivity index (χ1n) is 9.51. The average Bonchev–Trinajstić information content (AvgIpc) is 3.14. The van der Waals surface area contributed by atoms with Gasteiger partial charge in [-0.2, -0.15) is 4.98 Å². The van der Waals surface area contributed by atoms with Crippen molar-refractivity contribution in [3.8, 4) is 0 Å². The van der Waals surface area contributed by atoms with Crippen LogP contribution in [0.15, 0.2) is 39.8 Å². The second kappa shape index (κ2) is 9.94. The van der Waals surface area contributed by atoms with Gasteiger partial charge >= 0.3 is 0 Å². The van der Waals surface area contributed by atoms with E-state index in [0.717, 1.165) is 32.0 Å². The summed E-state index contributed by atoms with van der Waals surface area (Å²) < 4.78 is 5.31. The minimum atomic E-state index is -0.144. The van der Waals surface area contributed by atoms with E-state index in [1.54, 1.807) is 7.05 Å². The monoisotopic (exact) mass is 372 g/mol. The molecule has 2 aromatic rings. The highest BCUT2D eigenvalue weighted by Gasteiger charge is 2.21. The molecule has 0 unspecified atom stereocenters. The van der Waals surface area contributed by atoms with Gasteiger partial charge in [-0.15, -0.1) is 0 Å². The van der Waals surface area contributed by atoms with E-state index in [1.165, 1.54) is 5.69 Å². The molecule has 1 heterocycles. The Kier molecular flexibility index (Phi) is 7.64. The molecule has 0 saturated heterocycles. The van der Waals surface area contributed by atoms with Gasteiger partial charge in [-0.05, 0) is 25.5 Å². The molecule has 0 fully saturated rings. The van der Waals surface area contributed by atoms with Crippen molar-refractivity contribution in [3.05, 3.63) is 42.0 Å². The van der Waals surface area contributed by atoms with Gasteiger partial charge in [0.2, 0.25) is 5.89 Å². The number of benzene rings is 1. The lowest BCUT2D eigenvalue weighted by molar-refractivity contribution is 0.318. The van der Waals surface area contributed by atoms with Gasteiger partial charge in [-0.3, -0.25) is 4.99 Å². The van der Waals surface area contributed by atoms with Crippen LogP contribution in [-0.4, -0.2) is 42.8 Å². The summed E-state index contributed by atoms with van der Waals surface area (Å²) in [5, 5.41) is 10.6.